The summed E-state index contributed by atoms with van der Waals surface area (Å²) in [7, 11) is 0. The van der Waals surface area contributed by atoms with Crippen LogP contribution >= 0.6 is 0 Å². The summed E-state index contributed by atoms with van der Waals surface area (Å²) in [6.45, 7) is 2.88. The lowest BCUT2D eigenvalue weighted by Crippen LogP contribution is -2.24. The quantitative estimate of drug-likeness (QED) is 0.820. The summed E-state index contributed by atoms with van der Waals surface area (Å²) < 4.78 is 5.49. The van der Waals surface area contributed by atoms with E-state index >= 15 is 0 Å². The first kappa shape index (κ1) is 18.1. The van der Waals surface area contributed by atoms with Crippen molar-refractivity contribution in [1.82, 2.24) is 9.88 Å². The van der Waals surface area contributed by atoms with Gasteiger partial charge in [-0.25, -0.2) is 0 Å². The summed E-state index contributed by atoms with van der Waals surface area (Å²) in [6.07, 6.45) is 1.80. The van der Waals surface area contributed by atoms with E-state index in [9.17, 15) is 4.79 Å². The van der Waals surface area contributed by atoms with Gasteiger partial charge in [0.2, 0.25) is 5.91 Å². The van der Waals surface area contributed by atoms with Crippen molar-refractivity contribution in [2.75, 3.05) is 26.3 Å². The Morgan fingerprint density at radius 1 is 1.31 bits per heavy atom. The van der Waals surface area contributed by atoms with E-state index in [1.165, 1.54) is 0 Å². The highest BCUT2D eigenvalue weighted by Crippen LogP contribution is 2.32. The van der Waals surface area contributed by atoms with Gasteiger partial charge in [0.05, 0.1) is 18.2 Å². The van der Waals surface area contributed by atoms with E-state index in [1.807, 2.05) is 42.5 Å². The molecule has 1 aromatic carbocycles. The van der Waals surface area contributed by atoms with Gasteiger partial charge in [-0.2, -0.15) is 5.26 Å². The number of carbonyl (C=O) groups excluding carboxylic acids is 1. The molecule has 0 radical (unpaired) electrons. The van der Waals surface area contributed by atoms with Gasteiger partial charge in [0, 0.05) is 43.4 Å². The number of hydrogen-bond donors (Lipinski definition) is 1. The highest BCUT2D eigenvalue weighted by Gasteiger charge is 2.34. The van der Waals surface area contributed by atoms with Gasteiger partial charge in [-0.3, -0.25) is 14.7 Å². The van der Waals surface area contributed by atoms with Gasteiger partial charge in [0.25, 0.3) is 0 Å². The smallest absolute Gasteiger partial charge is 0.243 e. The summed E-state index contributed by atoms with van der Waals surface area (Å²) in [5, 5.41) is 9.07. The lowest BCUT2D eigenvalue weighted by Gasteiger charge is -2.17. The van der Waals surface area contributed by atoms with E-state index in [2.05, 4.69) is 16.0 Å². The predicted octanol–water partition coefficient (Wildman–Crippen LogP) is 1.67. The first-order valence-corrected chi connectivity index (χ1v) is 8.64. The third kappa shape index (κ3) is 4.66. The Hall–Kier alpha value is -2.75. The zero-order valence-electron chi connectivity index (χ0n) is 14.5. The molecule has 26 heavy (non-hydrogen) atoms. The van der Waals surface area contributed by atoms with Crippen LogP contribution in [0, 0.1) is 17.2 Å². The number of rotatable bonds is 7. The maximum atomic E-state index is 10.9. The Balaban J connectivity index is 1.70. The van der Waals surface area contributed by atoms with Gasteiger partial charge in [-0.15, -0.1) is 0 Å². The van der Waals surface area contributed by atoms with Crippen LogP contribution in [0.1, 0.15) is 22.7 Å². The van der Waals surface area contributed by atoms with Crippen LogP contribution in [0.2, 0.25) is 0 Å². The Morgan fingerprint density at radius 3 is 2.92 bits per heavy atom. The van der Waals surface area contributed by atoms with E-state index in [1.54, 1.807) is 6.20 Å². The number of aromatic nitrogens is 1. The predicted molar refractivity (Wildman–Crippen MR) is 96.9 cm³/mol. The SMILES string of the molecule is N#Cc1cccc(CN2C[C@@H](COCC(N)=O)[C@H](c3ccccn3)C2)c1. The topological polar surface area (TPSA) is 92.2 Å². The zero-order valence-corrected chi connectivity index (χ0v) is 14.5. The molecule has 1 saturated heterocycles. The Bertz CT molecular complexity index is 788. The van der Waals surface area contributed by atoms with Gasteiger partial charge < -0.3 is 10.5 Å². The van der Waals surface area contributed by atoms with Crippen molar-refractivity contribution < 1.29 is 9.53 Å². The van der Waals surface area contributed by atoms with Crippen LogP contribution in [0.15, 0.2) is 48.7 Å². The van der Waals surface area contributed by atoms with Crippen LogP contribution in [0.25, 0.3) is 0 Å². The Kier molecular flexibility index (Phi) is 5.95. The van der Waals surface area contributed by atoms with Crippen LogP contribution in [-0.2, 0) is 16.1 Å². The molecule has 0 spiro atoms. The normalized spacial score (nSPS) is 20.0. The van der Waals surface area contributed by atoms with E-state index < -0.39 is 5.91 Å². The molecule has 0 unspecified atom stereocenters. The fourth-order valence-electron chi connectivity index (χ4n) is 3.50. The number of hydrogen-bond acceptors (Lipinski definition) is 5. The third-order valence-corrected chi connectivity index (χ3v) is 4.62. The van der Waals surface area contributed by atoms with Crippen LogP contribution in [0.4, 0.5) is 0 Å². The number of pyridine rings is 1. The molecule has 1 aromatic heterocycles. The zero-order chi connectivity index (χ0) is 18.4. The molecule has 3 rings (SSSR count). The van der Waals surface area contributed by atoms with E-state index in [0.717, 1.165) is 30.9 Å². The highest BCUT2D eigenvalue weighted by molar-refractivity contribution is 5.74. The number of nitrogens with two attached hydrogens (primary N) is 1. The molecule has 0 bridgehead atoms. The molecule has 2 N–H and O–H groups in total. The summed E-state index contributed by atoms with van der Waals surface area (Å²) in [6, 6.07) is 15.8. The van der Waals surface area contributed by atoms with Crippen molar-refractivity contribution in [2.24, 2.45) is 11.7 Å². The fraction of sp³-hybridized carbons (Fsp3) is 0.350. The molecule has 0 saturated carbocycles. The van der Waals surface area contributed by atoms with E-state index in [4.69, 9.17) is 15.7 Å². The van der Waals surface area contributed by atoms with Crippen molar-refractivity contribution in [2.45, 2.75) is 12.5 Å². The lowest BCUT2D eigenvalue weighted by molar-refractivity contribution is -0.122. The van der Waals surface area contributed by atoms with Crippen LogP contribution < -0.4 is 5.73 Å². The number of benzene rings is 1. The van der Waals surface area contributed by atoms with E-state index in [0.29, 0.717) is 12.2 Å². The minimum atomic E-state index is -0.456. The lowest BCUT2D eigenvalue weighted by atomic mass is 9.93. The summed E-state index contributed by atoms with van der Waals surface area (Å²) in [4.78, 5) is 17.8. The van der Waals surface area contributed by atoms with Gasteiger partial charge in [-0.05, 0) is 29.8 Å². The standard InChI is InChI=1S/C20H22N4O2/c21-9-15-4-3-5-16(8-15)10-24-11-17(13-26-14-20(22)25)18(12-24)19-6-1-2-7-23-19/h1-8,17-18H,10-14H2,(H2,22,25)/t17-,18+/m0/s1. The van der Waals surface area contributed by atoms with Crippen molar-refractivity contribution in [3.63, 3.8) is 0 Å². The molecule has 134 valence electrons. The van der Waals surface area contributed by atoms with E-state index in [-0.39, 0.29) is 18.4 Å². The molecular formula is C20H22N4O2. The minimum Gasteiger partial charge on any atom is -0.371 e. The monoisotopic (exact) mass is 350 g/mol. The van der Waals surface area contributed by atoms with Gasteiger partial charge in [0.1, 0.15) is 6.61 Å². The number of ether oxygens (including phenoxy) is 1. The molecule has 6 nitrogen and oxygen atoms in total. The van der Waals surface area contributed by atoms with Crippen LogP contribution in [0.3, 0.4) is 0 Å². The first-order valence-electron chi connectivity index (χ1n) is 8.64. The molecule has 1 amide bonds. The number of carbonyl (C=O) groups is 1. The van der Waals surface area contributed by atoms with Crippen molar-refractivity contribution in [3.05, 3.63) is 65.5 Å². The second-order valence-electron chi connectivity index (χ2n) is 6.61. The Morgan fingerprint density at radius 2 is 2.19 bits per heavy atom. The number of nitriles is 1. The molecule has 0 aliphatic carbocycles. The summed E-state index contributed by atoms with van der Waals surface area (Å²) in [5.74, 6) is 0.0224. The van der Waals surface area contributed by atoms with Crippen molar-refractivity contribution >= 4 is 5.91 Å². The second kappa shape index (κ2) is 8.56. The number of amides is 1. The average molecular weight is 350 g/mol. The summed E-state index contributed by atoms with van der Waals surface area (Å²) >= 11 is 0. The highest BCUT2D eigenvalue weighted by atomic mass is 16.5. The average Bonchev–Trinajstić information content (AvgIpc) is 3.05. The number of nitrogens with zero attached hydrogens (tertiary/aromatic N) is 3. The number of primary amides is 1. The maximum Gasteiger partial charge on any atom is 0.243 e. The number of likely N-dealkylation sites (tertiary alicyclic amines) is 1. The van der Waals surface area contributed by atoms with Gasteiger partial charge >= 0.3 is 0 Å². The van der Waals surface area contributed by atoms with Gasteiger partial charge in [0.15, 0.2) is 0 Å². The molecule has 2 atom stereocenters. The van der Waals surface area contributed by atoms with Gasteiger partial charge in [-0.1, -0.05) is 18.2 Å². The molecule has 2 aromatic rings. The minimum absolute atomic E-state index is 0.0599. The maximum absolute atomic E-state index is 10.9. The molecule has 1 aliphatic heterocycles. The molecule has 1 aliphatic rings. The molecular weight excluding hydrogens is 328 g/mol. The molecule has 1 fully saturated rings. The van der Waals surface area contributed by atoms with Crippen molar-refractivity contribution in [3.8, 4) is 6.07 Å². The van der Waals surface area contributed by atoms with Crippen LogP contribution in [-0.4, -0.2) is 42.1 Å². The van der Waals surface area contributed by atoms with Crippen molar-refractivity contribution in [1.29, 1.82) is 5.26 Å². The first-order chi connectivity index (χ1) is 12.7. The third-order valence-electron chi connectivity index (χ3n) is 4.62. The second-order valence-corrected chi connectivity index (χ2v) is 6.61. The molecule has 2 heterocycles. The largest absolute Gasteiger partial charge is 0.371 e. The Labute approximate surface area is 153 Å². The molecule has 6 heteroatoms. The summed E-state index contributed by atoms with van der Waals surface area (Å²) in [5.41, 5.74) is 7.99. The van der Waals surface area contributed by atoms with Crippen LogP contribution in [0.5, 0.6) is 0 Å². The fourth-order valence-corrected chi connectivity index (χ4v) is 3.50.